The molecule has 3 rings (SSSR count). The van der Waals surface area contributed by atoms with E-state index < -0.39 is 6.61 Å². The SMILES string of the molecule is FC(F)Oc1ccc(Br)cc1CN1CCCN2CCC[C@@H]2C1. The lowest BCUT2D eigenvalue weighted by atomic mass is 10.1. The molecule has 0 radical (unpaired) electrons. The van der Waals surface area contributed by atoms with E-state index in [4.69, 9.17) is 0 Å². The third kappa shape index (κ3) is 3.97. The summed E-state index contributed by atoms with van der Waals surface area (Å²) in [5.41, 5.74) is 0.820. The van der Waals surface area contributed by atoms with Crippen molar-refractivity contribution in [2.45, 2.75) is 38.5 Å². The molecule has 1 aromatic carbocycles. The number of alkyl halides is 2. The number of fused-ring (bicyclic) bond motifs is 1. The van der Waals surface area contributed by atoms with Crippen molar-refractivity contribution >= 4 is 15.9 Å². The number of halogens is 3. The molecule has 22 heavy (non-hydrogen) atoms. The van der Waals surface area contributed by atoms with Gasteiger partial charge in [0.15, 0.2) is 0 Å². The van der Waals surface area contributed by atoms with Gasteiger partial charge in [0.1, 0.15) is 5.75 Å². The van der Waals surface area contributed by atoms with Crippen LogP contribution in [0.2, 0.25) is 0 Å². The zero-order valence-corrected chi connectivity index (χ0v) is 14.1. The van der Waals surface area contributed by atoms with Crippen LogP contribution in [0.4, 0.5) is 8.78 Å². The van der Waals surface area contributed by atoms with E-state index in [0.717, 1.165) is 36.1 Å². The maximum Gasteiger partial charge on any atom is 0.387 e. The highest BCUT2D eigenvalue weighted by atomic mass is 79.9. The van der Waals surface area contributed by atoms with Crippen LogP contribution in [0.25, 0.3) is 0 Å². The fraction of sp³-hybridized carbons (Fsp3) is 0.625. The second-order valence-electron chi connectivity index (χ2n) is 6.05. The van der Waals surface area contributed by atoms with Gasteiger partial charge in [-0.2, -0.15) is 8.78 Å². The molecule has 0 N–H and O–H groups in total. The van der Waals surface area contributed by atoms with Crippen LogP contribution in [0.15, 0.2) is 22.7 Å². The summed E-state index contributed by atoms with van der Waals surface area (Å²) in [5, 5.41) is 0. The molecule has 1 aromatic rings. The highest BCUT2D eigenvalue weighted by Gasteiger charge is 2.29. The highest BCUT2D eigenvalue weighted by molar-refractivity contribution is 9.10. The number of ether oxygens (including phenoxy) is 1. The maximum absolute atomic E-state index is 12.6. The number of hydrogen-bond acceptors (Lipinski definition) is 3. The van der Waals surface area contributed by atoms with Gasteiger partial charge in [-0.05, 0) is 57.1 Å². The Hall–Kier alpha value is -0.720. The van der Waals surface area contributed by atoms with Crippen LogP contribution in [0, 0.1) is 0 Å². The van der Waals surface area contributed by atoms with Crippen molar-refractivity contribution in [2.24, 2.45) is 0 Å². The van der Waals surface area contributed by atoms with Crippen LogP contribution in [0.5, 0.6) is 5.75 Å². The quantitative estimate of drug-likeness (QED) is 0.798. The van der Waals surface area contributed by atoms with Gasteiger partial charge in [0, 0.05) is 29.2 Å². The highest BCUT2D eigenvalue weighted by Crippen LogP contribution is 2.28. The fourth-order valence-corrected chi connectivity index (χ4v) is 3.96. The summed E-state index contributed by atoms with van der Waals surface area (Å²) in [6.07, 6.45) is 3.65. The molecule has 0 aliphatic carbocycles. The Morgan fingerprint density at radius 1 is 1.23 bits per heavy atom. The van der Waals surface area contributed by atoms with Crippen LogP contribution >= 0.6 is 15.9 Å². The second-order valence-corrected chi connectivity index (χ2v) is 6.97. The Kier molecular flexibility index (Phi) is 5.31. The number of benzene rings is 1. The average molecular weight is 375 g/mol. The van der Waals surface area contributed by atoms with Crippen molar-refractivity contribution < 1.29 is 13.5 Å². The lowest BCUT2D eigenvalue weighted by molar-refractivity contribution is -0.0508. The van der Waals surface area contributed by atoms with E-state index in [1.54, 1.807) is 12.1 Å². The minimum absolute atomic E-state index is 0.283. The van der Waals surface area contributed by atoms with Crippen molar-refractivity contribution in [1.29, 1.82) is 0 Å². The third-order valence-corrected chi connectivity index (χ3v) is 5.01. The van der Waals surface area contributed by atoms with E-state index in [1.807, 2.05) is 6.07 Å². The third-order valence-electron chi connectivity index (χ3n) is 4.52. The summed E-state index contributed by atoms with van der Waals surface area (Å²) in [4.78, 5) is 4.94. The molecule has 0 unspecified atom stereocenters. The lowest BCUT2D eigenvalue weighted by Crippen LogP contribution is -2.36. The van der Waals surface area contributed by atoms with E-state index in [-0.39, 0.29) is 5.75 Å². The number of hydrogen-bond donors (Lipinski definition) is 0. The minimum atomic E-state index is -2.78. The van der Waals surface area contributed by atoms with E-state index >= 15 is 0 Å². The zero-order valence-electron chi connectivity index (χ0n) is 12.5. The summed E-state index contributed by atoms with van der Waals surface area (Å²) >= 11 is 3.42. The fourth-order valence-electron chi connectivity index (χ4n) is 3.55. The molecule has 2 fully saturated rings. The summed E-state index contributed by atoms with van der Waals surface area (Å²) in [6, 6.07) is 5.86. The van der Waals surface area contributed by atoms with Crippen molar-refractivity contribution in [2.75, 3.05) is 26.2 Å². The van der Waals surface area contributed by atoms with Crippen LogP contribution in [-0.4, -0.2) is 48.6 Å². The standard InChI is InChI=1S/C16H21BrF2N2O/c17-13-4-5-15(22-16(18)19)12(9-13)10-20-6-2-8-21-7-1-3-14(21)11-20/h4-5,9,14,16H,1-3,6-8,10-11H2/t14-/m1/s1. The van der Waals surface area contributed by atoms with Gasteiger partial charge in [-0.15, -0.1) is 0 Å². The zero-order chi connectivity index (χ0) is 15.5. The Balaban J connectivity index is 1.72. The number of nitrogens with zero attached hydrogens (tertiary/aromatic N) is 2. The Bertz CT molecular complexity index is 515. The minimum Gasteiger partial charge on any atom is -0.434 e. The Morgan fingerprint density at radius 3 is 2.86 bits per heavy atom. The van der Waals surface area contributed by atoms with Crippen molar-refractivity contribution in [3.8, 4) is 5.75 Å². The molecular formula is C16H21BrF2N2O. The first-order chi connectivity index (χ1) is 10.6. The maximum atomic E-state index is 12.6. The van der Waals surface area contributed by atoms with Crippen LogP contribution < -0.4 is 4.74 Å². The topological polar surface area (TPSA) is 15.7 Å². The smallest absolute Gasteiger partial charge is 0.387 e. The summed E-state index contributed by atoms with van der Waals surface area (Å²) in [7, 11) is 0. The molecule has 0 amide bonds. The molecule has 0 bridgehead atoms. The Morgan fingerprint density at radius 2 is 2.05 bits per heavy atom. The van der Waals surface area contributed by atoms with E-state index in [2.05, 4.69) is 30.5 Å². The largest absolute Gasteiger partial charge is 0.434 e. The van der Waals surface area contributed by atoms with Crippen LogP contribution in [-0.2, 0) is 6.54 Å². The molecule has 2 heterocycles. The summed E-state index contributed by atoms with van der Waals surface area (Å²) < 4.78 is 30.7. The average Bonchev–Trinajstić information content (AvgIpc) is 2.80. The van der Waals surface area contributed by atoms with Crippen molar-refractivity contribution in [3.63, 3.8) is 0 Å². The predicted octanol–water partition coefficient (Wildman–Crippen LogP) is 3.72. The van der Waals surface area contributed by atoms with Gasteiger partial charge in [-0.25, -0.2) is 0 Å². The lowest BCUT2D eigenvalue weighted by Gasteiger charge is -2.26. The first kappa shape index (κ1) is 16.1. The van der Waals surface area contributed by atoms with E-state index in [9.17, 15) is 8.78 Å². The van der Waals surface area contributed by atoms with Gasteiger partial charge in [0.2, 0.25) is 0 Å². The molecule has 2 aliphatic rings. The molecule has 0 aromatic heterocycles. The monoisotopic (exact) mass is 374 g/mol. The molecule has 122 valence electrons. The Labute approximate surface area is 138 Å². The van der Waals surface area contributed by atoms with Crippen LogP contribution in [0.3, 0.4) is 0 Å². The van der Waals surface area contributed by atoms with Crippen molar-refractivity contribution in [1.82, 2.24) is 9.80 Å². The van der Waals surface area contributed by atoms with Gasteiger partial charge in [0.25, 0.3) is 0 Å². The number of rotatable bonds is 4. The second kappa shape index (κ2) is 7.23. The molecule has 0 saturated carbocycles. The van der Waals surface area contributed by atoms with E-state index in [0.29, 0.717) is 12.6 Å². The molecule has 2 saturated heterocycles. The normalized spacial score (nSPS) is 23.5. The molecule has 0 spiro atoms. The predicted molar refractivity (Wildman–Crippen MR) is 85.3 cm³/mol. The van der Waals surface area contributed by atoms with Crippen molar-refractivity contribution in [3.05, 3.63) is 28.2 Å². The molecule has 1 atom stereocenters. The molecule has 3 nitrogen and oxygen atoms in total. The first-order valence-corrected chi connectivity index (χ1v) is 8.61. The van der Waals surface area contributed by atoms with Gasteiger partial charge in [0.05, 0.1) is 0 Å². The summed E-state index contributed by atoms with van der Waals surface area (Å²) in [6.45, 7) is 2.25. The summed E-state index contributed by atoms with van der Waals surface area (Å²) in [5.74, 6) is 0.283. The van der Waals surface area contributed by atoms with Crippen LogP contribution in [0.1, 0.15) is 24.8 Å². The van der Waals surface area contributed by atoms with Gasteiger partial charge in [-0.1, -0.05) is 15.9 Å². The molecular weight excluding hydrogens is 354 g/mol. The molecule has 6 heteroatoms. The van der Waals surface area contributed by atoms with Gasteiger partial charge in [-0.3, -0.25) is 9.80 Å². The molecule has 2 aliphatic heterocycles. The van der Waals surface area contributed by atoms with Gasteiger partial charge >= 0.3 is 6.61 Å². The van der Waals surface area contributed by atoms with E-state index in [1.165, 1.54) is 19.4 Å². The first-order valence-electron chi connectivity index (χ1n) is 7.81. The van der Waals surface area contributed by atoms with Gasteiger partial charge < -0.3 is 4.74 Å².